The Morgan fingerprint density at radius 1 is 1.33 bits per heavy atom. The lowest BCUT2D eigenvalue weighted by atomic mass is 10.0. The summed E-state index contributed by atoms with van der Waals surface area (Å²) in [5, 5.41) is 12.0. The number of aliphatic carboxylic acids is 1. The summed E-state index contributed by atoms with van der Waals surface area (Å²) in [7, 11) is 1.35. The van der Waals surface area contributed by atoms with Crippen molar-refractivity contribution >= 4 is 5.97 Å². The fraction of sp³-hybridized carbons (Fsp3) is 0.500. The van der Waals surface area contributed by atoms with Crippen LogP contribution in [0.15, 0.2) is 18.2 Å². The van der Waals surface area contributed by atoms with Crippen LogP contribution in [0.2, 0.25) is 0 Å². The van der Waals surface area contributed by atoms with Crippen LogP contribution in [0.4, 0.5) is 8.78 Å². The minimum Gasteiger partial charge on any atom is -0.493 e. The average molecular weight is 303 g/mol. The number of nitrogens with one attached hydrogen (secondary N) is 1. The summed E-state index contributed by atoms with van der Waals surface area (Å²) in [5.74, 6) is -0.902. The van der Waals surface area contributed by atoms with Gasteiger partial charge in [-0.25, -0.2) is 0 Å². The topological polar surface area (TPSA) is 67.8 Å². The van der Waals surface area contributed by atoms with Crippen molar-refractivity contribution in [2.45, 2.75) is 33.0 Å². The summed E-state index contributed by atoms with van der Waals surface area (Å²) in [4.78, 5) is 11.1. The van der Waals surface area contributed by atoms with Gasteiger partial charge in [0.2, 0.25) is 0 Å². The Hall–Kier alpha value is -1.89. The van der Waals surface area contributed by atoms with E-state index < -0.39 is 18.6 Å². The molecule has 0 saturated heterocycles. The van der Waals surface area contributed by atoms with E-state index in [9.17, 15) is 13.6 Å². The molecular formula is C14H19F2NO4. The Bertz CT molecular complexity index is 480. The summed E-state index contributed by atoms with van der Waals surface area (Å²) in [6, 6.07) is 3.79. The summed E-state index contributed by atoms with van der Waals surface area (Å²) in [6.45, 7) is 0.943. The van der Waals surface area contributed by atoms with E-state index in [1.165, 1.54) is 19.2 Å². The van der Waals surface area contributed by atoms with Gasteiger partial charge in [-0.1, -0.05) is 19.9 Å². The fourth-order valence-corrected chi connectivity index (χ4v) is 1.85. The van der Waals surface area contributed by atoms with Gasteiger partial charge in [0, 0.05) is 6.54 Å². The lowest BCUT2D eigenvalue weighted by molar-refractivity contribution is -0.140. The maximum Gasteiger partial charge on any atom is 0.387 e. The first kappa shape index (κ1) is 17.2. The van der Waals surface area contributed by atoms with Gasteiger partial charge in [-0.05, 0) is 23.6 Å². The van der Waals surface area contributed by atoms with Crippen LogP contribution < -0.4 is 14.8 Å². The molecule has 1 atom stereocenters. The van der Waals surface area contributed by atoms with Gasteiger partial charge < -0.3 is 19.9 Å². The van der Waals surface area contributed by atoms with E-state index in [0.29, 0.717) is 5.56 Å². The third-order valence-corrected chi connectivity index (χ3v) is 2.90. The molecule has 0 heterocycles. The molecule has 5 nitrogen and oxygen atoms in total. The summed E-state index contributed by atoms with van der Waals surface area (Å²) >= 11 is 0. The minimum atomic E-state index is -2.93. The summed E-state index contributed by atoms with van der Waals surface area (Å²) in [6.07, 6.45) is 0. The average Bonchev–Trinajstić information content (AvgIpc) is 2.38. The molecule has 0 unspecified atom stereocenters. The first-order valence-electron chi connectivity index (χ1n) is 6.43. The van der Waals surface area contributed by atoms with Crippen LogP contribution in [-0.2, 0) is 11.3 Å². The van der Waals surface area contributed by atoms with Crippen LogP contribution >= 0.6 is 0 Å². The second-order valence-electron chi connectivity index (χ2n) is 4.80. The number of carboxylic acid groups (broad SMARTS) is 1. The second kappa shape index (κ2) is 7.78. The van der Waals surface area contributed by atoms with Crippen LogP contribution in [0, 0.1) is 5.92 Å². The summed E-state index contributed by atoms with van der Waals surface area (Å²) in [5.41, 5.74) is 0.709. The van der Waals surface area contributed by atoms with Crippen molar-refractivity contribution in [2.24, 2.45) is 5.92 Å². The van der Waals surface area contributed by atoms with Crippen LogP contribution in [-0.4, -0.2) is 30.8 Å². The molecule has 0 amide bonds. The molecule has 118 valence electrons. The van der Waals surface area contributed by atoms with Crippen molar-refractivity contribution in [1.82, 2.24) is 5.32 Å². The number of hydrogen-bond donors (Lipinski definition) is 2. The lowest BCUT2D eigenvalue weighted by Gasteiger charge is -2.18. The lowest BCUT2D eigenvalue weighted by Crippen LogP contribution is -2.40. The van der Waals surface area contributed by atoms with Crippen molar-refractivity contribution in [2.75, 3.05) is 7.11 Å². The normalized spacial score (nSPS) is 12.5. The molecule has 7 heteroatoms. The number of methoxy groups -OCH3 is 1. The molecule has 0 aromatic heterocycles. The first-order chi connectivity index (χ1) is 9.85. The van der Waals surface area contributed by atoms with E-state index in [2.05, 4.69) is 10.1 Å². The molecule has 0 aliphatic heterocycles. The molecule has 2 N–H and O–H groups in total. The van der Waals surface area contributed by atoms with Gasteiger partial charge in [0.15, 0.2) is 11.5 Å². The van der Waals surface area contributed by atoms with Crippen LogP contribution in [0.3, 0.4) is 0 Å². The number of hydrogen-bond acceptors (Lipinski definition) is 4. The zero-order valence-electron chi connectivity index (χ0n) is 12.1. The van der Waals surface area contributed by atoms with E-state index in [0.717, 1.165) is 0 Å². The molecule has 0 radical (unpaired) electrons. The molecule has 0 bridgehead atoms. The van der Waals surface area contributed by atoms with Crippen molar-refractivity contribution in [3.05, 3.63) is 23.8 Å². The van der Waals surface area contributed by atoms with Gasteiger partial charge in [0.25, 0.3) is 0 Å². The molecule has 0 saturated carbocycles. The predicted octanol–water partition coefficient (Wildman–Crippen LogP) is 2.50. The Balaban J connectivity index is 2.78. The molecule has 21 heavy (non-hydrogen) atoms. The first-order valence-corrected chi connectivity index (χ1v) is 6.43. The highest BCUT2D eigenvalue weighted by Gasteiger charge is 2.20. The van der Waals surface area contributed by atoms with Gasteiger partial charge >= 0.3 is 12.6 Å². The summed E-state index contributed by atoms with van der Waals surface area (Å²) < 4.78 is 33.7. The van der Waals surface area contributed by atoms with E-state index in [1.54, 1.807) is 19.9 Å². The third kappa shape index (κ3) is 5.18. The predicted molar refractivity (Wildman–Crippen MR) is 72.7 cm³/mol. The molecule has 0 spiro atoms. The van der Waals surface area contributed by atoms with Gasteiger partial charge in [-0.15, -0.1) is 0 Å². The van der Waals surface area contributed by atoms with Crippen molar-refractivity contribution < 1.29 is 28.2 Å². The number of carbonyl (C=O) groups is 1. The second-order valence-corrected chi connectivity index (χ2v) is 4.80. The Morgan fingerprint density at radius 3 is 2.48 bits per heavy atom. The molecule has 1 rings (SSSR count). The molecule has 1 aromatic rings. The third-order valence-electron chi connectivity index (χ3n) is 2.90. The van der Waals surface area contributed by atoms with Crippen molar-refractivity contribution in [1.29, 1.82) is 0 Å². The maximum atomic E-state index is 12.2. The van der Waals surface area contributed by atoms with Crippen LogP contribution in [0.25, 0.3) is 0 Å². The Labute approximate surface area is 121 Å². The van der Waals surface area contributed by atoms with Gasteiger partial charge in [0.05, 0.1) is 7.11 Å². The number of rotatable bonds is 8. The van der Waals surface area contributed by atoms with E-state index in [-0.39, 0.29) is 24.0 Å². The number of carboxylic acids is 1. The van der Waals surface area contributed by atoms with E-state index in [4.69, 9.17) is 9.84 Å². The van der Waals surface area contributed by atoms with Crippen molar-refractivity contribution in [3.8, 4) is 11.5 Å². The zero-order chi connectivity index (χ0) is 16.0. The minimum absolute atomic E-state index is 0.0603. The molecule has 1 aromatic carbocycles. The Kier molecular flexibility index (Phi) is 6.36. The quantitative estimate of drug-likeness (QED) is 0.772. The van der Waals surface area contributed by atoms with E-state index >= 15 is 0 Å². The zero-order valence-corrected chi connectivity index (χ0v) is 12.1. The van der Waals surface area contributed by atoms with Gasteiger partial charge in [-0.2, -0.15) is 8.78 Å². The number of benzene rings is 1. The number of alkyl halides is 2. The molecule has 0 aliphatic carbocycles. The monoisotopic (exact) mass is 303 g/mol. The van der Waals surface area contributed by atoms with E-state index in [1.807, 2.05) is 0 Å². The standard InChI is InChI=1S/C14H19F2NO4/c1-8(2)12(13(18)19)17-7-9-4-5-10(21-14(15)16)11(6-9)20-3/h4-6,8,12,14,17H,7H2,1-3H3,(H,18,19)/t12-/m0/s1. The highest BCUT2D eigenvalue weighted by atomic mass is 19.3. The number of ether oxygens (including phenoxy) is 2. The van der Waals surface area contributed by atoms with Gasteiger partial charge in [-0.3, -0.25) is 4.79 Å². The molecular weight excluding hydrogens is 284 g/mol. The van der Waals surface area contributed by atoms with Gasteiger partial charge in [0.1, 0.15) is 6.04 Å². The molecule has 0 fully saturated rings. The van der Waals surface area contributed by atoms with Crippen LogP contribution in [0.1, 0.15) is 19.4 Å². The highest BCUT2D eigenvalue weighted by molar-refractivity contribution is 5.73. The smallest absolute Gasteiger partial charge is 0.387 e. The largest absolute Gasteiger partial charge is 0.493 e. The fourth-order valence-electron chi connectivity index (χ4n) is 1.85. The van der Waals surface area contributed by atoms with Crippen LogP contribution in [0.5, 0.6) is 11.5 Å². The SMILES string of the molecule is COc1cc(CN[C@H](C(=O)O)C(C)C)ccc1OC(F)F. The highest BCUT2D eigenvalue weighted by Crippen LogP contribution is 2.29. The maximum absolute atomic E-state index is 12.2. The Morgan fingerprint density at radius 2 is 2.00 bits per heavy atom. The van der Waals surface area contributed by atoms with Crippen molar-refractivity contribution in [3.63, 3.8) is 0 Å². The molecule has 0 aliphatic rings. The number of halogens is 2.